The van der Waals surface area contributed by atoms with Crippen molar-refractivity contribution in [3.63, 3.8) is 0 Å². The molecule has 0 heterocycles. The Balaban J connectivity index is 3.28. The minimum absolute atomic E-state index is 0.567. The van der Waals surface area contributed by atoms with Crippen molar-refractivity contribution < 1.29 is 18.0 Å². The maximum Gasteiger partial charge on any atom is 0.425 e. The van der Waals surface area contributed by atoms with Crippen LogP contribution in [0.4, 0.5) is 13.2 Å². The molecule has 0 bridgehead atoms. The van der Waals surface area contributed by atoms with Crippen LogP contribution in [-0.2, 0) is 4.84 Å². The van der Waals surface area contributed by atoms with Crippen molar-refractivity contribution in [2.75, 3.05) is 6.61 Å². The molecule has 0 aromatic rings. The summed E-state index contributed by atoms with van der Waals surface area (Å²) in [6, 6.07) is 0. The quantitative estimate of drug-likeness (QED) is 0.451. The topological polar surface area (TPSA) is 21.6 Å². The van der Waals surface area contributed by atoms with Crippen molar-refractivity contribution in [1.82, 2.24) is 0 Å². The van der Waals surface area contributed by atoms with Crippen LogP contribution in [0.5, 0.6) is 0 Å². The van der Waals surface area contributed by atoms with E-state index in [1.807, 2.05) is 0 Å². The zero-order chi connectivity index (χ0) is 8.04. The van der Waals surface area contributed by atoms with Gasteiger partial charge in [0.2, 0.25) is 6.61 Å². The Kier molecular flexibility index (Phi) is 3.83. The lowest BCUT2D eigenvalue weighted by molar-refractivity contribution is -0.173. The van der Waals surface area contributed by atoms with Crippen LogP contribution in [0.15, 0.2) is 5.16 Å². The molecule has 0 atom stereocenters. The van der Waals surface area contributed by atoms with Crippen molar-refractivity contribution in [2.45, 2.75) is 19.5 Å². The molecule has 0 rings (SSSR count). The zero-order valence-corrected chi connectivity index (χ0v) is 5.48. The summed E-state index contributed by atoms with van der Waals surface area (Å²) in [6.45, 7) is 0.434. The molecule has 60 valence electrons. The summed E-state index contributed by atoms with van der Waals surface area (Å²) in [6.07, 6.45) is -2.45. The third kappa shape index (κ3) is 7.26. The molecule has 0 aliphatic carbocycles. The fourth-order valence-corrected chi connectivity index (χ4v) is 0.238. The van der Waals surface area contributed by atoms with Crippen LogP contribution >= 0.6 is 0 Å². The van der Waals surface area contributed by atoms with Crippen molar-refractivity contribution in [2.24, 2.45) is 5.16 Å². The highest BCUT2D eigenvalue weighted by molar-refractivity contribution is 5.55. The smallest absolute Gasteiger partial charge is 0.386 e. The van der Waals surface area contributed by atoms with Crippen LogP contribution in [0.3, 0.4) is 0 Å². The van der Waals surface area contributed by atoms with Crippen LogP contribution in [-0.4, -0.2) is 19.0 Å². The predicted octanol–water partition coefficient (Wildman–Crippen LogP) is 1.96. The average molecular weight is 155 g/mol. The summed E-state index contributed by atoms with van der Waals surface area (Å²) in [7, 11) is 0. The van der Waals surface area contributed by atoms with E-state index in [-0.39, 0.29) is 0 Å². The third-order valence-corrected chi connectivity index (χ3v) is 0.560. The van der Waals surface area contributed by atoms with E-state index in [0.717, 1.165) is 0 Å². The molecule has 0 aromatic heterocycles. The molecule has 0 radical (unpaired) electrons. The Morgan fingerprint density at radius 1 is 1.50 bits per heavy atom. The molecule has 0 aliphatic rings. The molecule has 0 aliphatic heterocycles. The lowest BCUT2D eigenvalue weighted by atomic mass is 10.6. The number of rotatable bonds is 3. The molecule has 10 heavy (non-hydrogen) atoms. The molecule has 0 N–H and O–H groups in total. The number of hydrogen-bond donors (Lipinski definition) is 0. The van der Waals surface area contributed by atoms with Crippen LogP contribution in [0.25, 0.3) is 0 Å². The average Bonchev–Trinajstić information content (AvgIpc) is 1.78. The van der Waals surface area contributed by atoms with E-state index in [1.165, 1.54) is 6.21 Å². The van der Waals surface area contributed by atoms with Gasteiger partial charge in [0.15, 0.2) is 0 Å². The summed E-state index contributed by atoms with van der Waals surface area (Å²) in [4.78, 5) is 3.88. The van der Waals surface area contributed by atoms with Gasteiger partial charge in [0.25, 0.3) is 0 Å². The fraction of sp³-hybridized carbons (Fsp3) is 0.800. The Morgan fingerprint density at radius 2 is 2.10 bits per heavy atom. The predicted molar refractivity (Wildman–Crippen MR) is 30.8 cm³/mol. The van der Waals surface area contributed by atoms with Gasteiger partial charge in [-0.05, 0) is 6.42 Å². The zero-order valence-electron chi connectivity index (χ0n) is 5.48. The molecule has 0 fully saturated rings. The van der Waals surface area contributed by atoms with Crippen molar-refractivity contribution >= 4 is 6.21 Å². The SMILES string of the molecule is CCC=NOCC(F)(F)F. The second kappa shape index (κ2) is 4.14. The highest BCUT2D eigenvalue weighted by Crippen LogP contribution is 2.14. The Hall–Kier alpha value is -0.740. The summed E-state index contributed by atoms with van der Waals surface area (Å²) in [5, 5.41) is 3.03. The standard InChI is InChI=1S/C5H8F3NO/c1-2-3-9-10-4-5(6,7)8/h3H,2,4H2,1H3. The lowest BCUT2D eigenvalue weighted by Gasteiger charge is -2.02. The maximum absolute atomic E-state index is 11.3. The Labute approximate surface area is 56.7 Å². The van der Waals surface area contributed by atoms with Gasteiger partial charge in [0, 0.05) is 6.21 Å². The van der Waals surface area contributed by atoms with E-state index in [9.17, 15) is 13.2 Å². The van der Waals surface area contributed by atoms with Gasteiger partial charge in [-0.1, -0.05) is 12.1 Å². The first kappa shape index (κ1) is 9.26. The van der Waals surface area contributed by atoms with E-state index in [0.29, 0.717) is 6.42 Å². The molecule has 0 amide bonds. The van der Waals surface area contributed by atoms with Gasteiger partial charge >= 0.3 is 6.18 Å². The fourth-order valence-electron chi connectivity index (χ4n) is 0.238. The van der Waals surface area contributed by atoms with Crippen molar-refractivity contribution in [3.8, 4) is 0 Å². The second-order valence-corrected chi connectivity index (χ2v) is 1.58. The molecule has 5 heteroatoms. The summed E-state index contributed by atoms with van der Waals surface area (Å²) in [5.74, 6) is 0. The van der Waals surface area contributed by atoms with Crippen LogP contribution in [0, 0.1) is 0 Å². The van der Waals surface area contributed by atoms with Crippen LogP contribution < -0.4 is 0 Å². The summed E-state index contributed by atoms with van der Waals surface area (Å²) >= 11 is 0. The van der Waals surface area contributed by atoms with E-state index >= 15 is 0 Å². The molecule has 2 nitrogen and oxygen atoms in total. The van der Waals surface area contributed by atoms with Gasteiger partial charge in [-0.25, -0.2) is 0 Å². The lowest BCUT2D eigenvalue weighted by Crippen LogP contribution is -2.14. The number of halogens is 3. The normalized spacial score (nSPS) is 12.4. The minimum Gasteiger partial charge on any atom is -0.386 e. The monoisotopic (exact) mass is 155 g/mol. The van der Waals surface area contributed by atoms with Gasteiger partial charge < -0.3 is 4.84 Å². The molecular weight excluding hydrogens is 147 g/mol. The van der Waals surface area contributed by atoms with E-state index in [1.54, 1.807) is 6.92 Å². The number of nitrogens with zero attached hydrogens (tertiary/aromatic N) is 1. The van der Waals surface area contributed by atoms with Crippen molar-refractivity contribution in [1.29, 1.82) is 0 Å². The summed E-state index contributed by atoms with van der Waals surface area (Å²) < 4.78 is 33.9. The number of hydrogen-bond acceptors (Lipinski definition) is 2. The van der Waals surface area contributed by atoms with Gasteiger partial charge in [0.05, 0.1) is 0 Å². The van der Waals surface area contributed by atoms with Gasteiger partial charge in [-0.2, -0.15) is 13.2 Å². The Bertz CT molecular complexity index is 110. The summed E-state index contributed by atoms with van der Waals surface area (Å²) in [5.41, 5.74) is 0. The van der Waals surface area contributed by atoms with Crippen LogP contribution in [0.1, 0.15) is 13.3 Å². The minimum atomic E-state index is -4.29. The van der Waals surface area contributed by atoms with Crippen LogP contribution in [0.2, 0.25) is 0 Å². The van der Waals surface area contributed by atoms with Gasteiger partial charge in [-0.15, -0.1) is 0 Å². The molecule has 0 aromatic carbocycles. The van der Waals surface area contributed by atoms with Gasteiger partial charge in [0.1, 0.15) is 0 Å². The van der Waals surface area contributed by atoms with E-state index in [4.69, 9.17) is 0 Å². The first-order valence-electron chi connectivity index (χ1n) is 2.77. The molecule has 0 saturated heterocycles. The Morgan fingerprint density at radius 3 is 2.50 bits per heavy atom. The number of alkyl halides is 3. The third-order valence-electron chi connectivity index (χ3n) is 0.560. The first-order chi connectivity index (χ1) is 4.56. The molecule has 0 spiro atoms. The van der Waals surface area contributed by atoms with E-state index in [2.05, 4.69) is 9.99 Å². The first-order valence-corrected chi connectivity index (χ1v) is 2.77. The number of oxime groups is 1. The van der Waals surface area contributed by atoms with E-state index < -0.39 is 12.8 Å². The molecular formula is C5H8F3NO. The second-order valence-electron chi connectivity index (χ2n) is 1.58. The van der Waals surface area contributed by atoms with Gasteiger partial charge in [-0.3, -0.25) is 0 Å². The maximum atomic E-state index is 11.3. The molecule has 0 unspecified atom stereocenters. The molecule has 0 saturated carbocycles. The largest absolute Gasteiger partial charge is 0.425 e. The highest BCUT2D eigenvalue weighted by atomic mass is 19.4. The highest BCUT2D eigenvalue weighted by Gasteiger charge is 2.28. The van der Waals surface area contributed by atoms with Crippen molar-refractivity contribution in [3.05, 3.63) is 0 Å².